The van der Waals surface area contributed by atoms with Gasteiger partial charge in [-0.1, -0.05) is 0 Å². The second-order valence-corrected chi connectivity index (χ2v) is 4.50. The highest BCUT2D eigenvalue weighted by Gasteiger charge is 2.13. The first kappa shape index (κ1) is 11.7. The largest absolute Gasteiger partial charge is 0.398 e. The Morgan fingerprint density at radius 3 is 2.71 bits per heavy atom. The van der Waals surface area contributed by atoms with Gasteiger partial charge in [0.15, 0.2) is 0 Å². The molecule has 0 saturated heterocycles. The van der Waals surface area contributed by atoms with Crippen LogP contribution in [-0.2, 0) is 0 Å². The van der Waals surface area contributed by atoms with E-state index < -0.39 is 0 Å². The van der Waals surface area contributed by atoms with E-state index in [1.807, 2.05) is 26.1 Å². The minimum absolute atomic E-state index is 0.0558. The van der Waals surface area contributed by atoms with Crippen molar-refractivity contribution in [1.29, 1.82) is 0 Å². The lowest BCUT2D eigenvalue weighted by atomic mass is 10.0. The summed E-state index contributed by atoms with van der Waals surface area (Å²) in [7, 11) is 1.82. The molecule has 3 nitrogen and oxygen atoms in total. The van der Waals surface area contributed by atoms with Crippen molar-refractivity contribution in [2.45, 2.75) is 13.0 Å². The zero-order valence-corrected chi connectivity index (χ0v) is 10.5. The summed E-state index contributed by atoms with van der Waals surface area (Å²) >= 11 is 2.25. The first-order valence-electron chi connectivity index (χ1n) is 4.43. The fourth-order valence-electron chi connectivity index (χ4n) is 1.41. The molecular formula is C10H15IN2O. The Labute approximate surface area is 97.8 Å². The Morgan fingerprint density at radius 1 is 1.57 bits per heavy atom. The van der Waals surface area contributed by atoms with E-state index in [2.05, 4.69) is 27.9 Å². The third-order valence-electron chi connectivity index (χ3n) is 2.29. The van der Waals surface area contributed by atoms with E-state index in [-0.39, 0.29) is 12.6 Å². The van der Waals surface area contributed by atoms with Crippen LogP contribution in [0, 0.1) is 10.5 Å². The quantitative estimate of drug-likeness (QED) is 0.585. The highest BCUT2D eigenvalue weighted by molar-refractivity contribution is 14.1. The summed E-state index contributed by atoms with van der Waals surface area (Å²) < 4.78 is 1.14. The van der Waals surface area contributed by atoms with Crippen LogP contribution in [0.4, 0.5) is 5.69 Å². The van der Waals surface area contributed by atoms with Gasteiger partial charge < -0.3 is 16.2 Å². The molecule has 1 atom stereocenters. The van der Waals surface area contributed by atoms with E-state index in [0.717, 1.165) is 20.4 Å². The zero-order valence-electron chi connectivity index (χ0n) is 8.34. The van der Waals surface area contributed by atoms with Gasteiger partial charge in [-0.25, -0.2) is 0 Å². The van der Waals surface area contributed by atoms with Crippen molar-refractivity contribution in [2.75, 3.05) is 19.4 Å². The molecule has 0 aromatic heterocycles. The molecule has 1 aromatic carbocycles. The van der Waals surface area contributed by atoms with Crippen molar-refractivity contribution in [3.63, 3.8) is 0 Å². The number of nitrogens with two attached hydrogens (primary N) is 1. The second kappa shape index (κ2) is 4.95. The first-order valence-corrected chi connectivity index (χ1v) is 5.51. The van der Waals surface area contributed by atoms with Crippen molar-refractivity contribution in [2.24, 2.45) is 0 Å². The zero-order chi connectivity index (χ0) is 10.7. The van der Waals surface area contributed by atoms with Crippen LogP contribution in [0.25, 0.3) is 0 Å². The van der Waals surface area contributed by atoms with Crippen molar-refractivity contribution in [3.8, 4) is 0 Å². The van der Waals surface area contributed by atoms with Crippen LogP contribution in [0.3, 0.4) is 0 Å². The molecule has 78 valence electrons. The van der Waals surface area contributed by atoms with E-state index in [1.165, 1.54) is 0 Å². The van der Waals surface area contributed by atoms with Gasteiger partial charge in [0.2, 0.25) is 0 Å². The van der Waals surface area contributed by atoms with Crippen molar-refractivity contribution < 1.29 is 5.11 Å². The molecule has 0 fully saturated rings. The topological polar surface area (TPSA) is 58.3 Å². The van der Waals surface area contributed by atoms with Crippen LogP contribution in [0.1, 0.15) is 17.2 Å². The Kier molecular flexibility index (Phi) is 4.15. The number of rotatable bonds is 3. The molecule has 4 N–H and O–H groups in total. The smallest absolute Gasteiger partial charge is 0.0627 e. The molecule has 0 aliphatic rings. The van der Waals surface area contributed by atoms with Crippen LogP contribution in [0.2, 0.25) is 0 Å². The Balaban J connectivity index is 3.18. The molecule has 4 heteroatoms. The van der Waals surface area contributed by atoms with Crippen LogP contribution in [0.5, 0.6) is 0 Å². The number of benzene rings is 1. The highest BCUT2D eigenvalue weighted by atomic mass is 127. The third-order valence-corrected chi connectivity index (χ3v) is 2.91. The lowest BCUT2D eigenvalue weighted by Crippen LogP contribution is -2.21. The highest BCUT2D eigenvalue weighted by Crippen LogP contribution is 2.25. The summed E-state index contributed by atoms with van der Waals surface area (Å²) in [6.07, 6.45) is 0. The average Bonchev–Trinajstić information content (AvgIpc) is 2.15. The predicted octanol–water partition coefficient (Wildman–Crippen LogP) is 1.43. The first-order chi connectivity index (χ1) is 6.60. The lowest BCUT2D eigenvalue weighted by Gasteiger charge is -2.17. The van der Waals surface area contributed by atoms with Gasteiger partial charge in [-0.05, 0) is 59.8 Å². The van der Waals surface area contributed by atoms with E-state index in [1.54, 1.807) is 0 Å². The van der Waals surface area contributed by atoms with Gasteiger partial charge in [-0.2, -0.15) is 0 Å². The number of halogens is 1. The molecule has 0 unspecified atom stereocenters. The summed E-state index contributed by atoms with van der Waals surface area (Å²) in [5.74, 6) is 0. The van der Waals surface area contributed by atoms with Gasteiger partial charge in [-0.3, -0.25) is 0 Å². The molecule has 14 heavy (non-hydrogen) atoms. The SMILES string of the molecule is CN[C@H](CO)c1cc(I)cc(C)c1N. The lowest BCUT2D eigenvalue weighted by molar-refractivity contribution is 0.251. The summed E-state index contributed by atoms with van der Waals surface area (Å²) in [6.45, 7) is 2.03. The summed E-state index contributed by atoms with van der Waals surface area (Å²) in [5, 5.41) is 12.2. The fraction of sp³-hybridized carbons (Fsp3) is 0.400. The molecular weight excluding hydrogens is 291 g/mol. The van der Waals surface area contributed by atoms with E-state index in [9.17, 15) is 0 Å². The van der Waals surface area contributed by atoms with Crippen molar-refractivity contribution in [1.82, 2.24) is 5.32 Å². The van der Waals surface area contributed by atoms with Gasteiger partial charge in [0, 0.05) is 9.26 Å². The number of hydrogen-bond acceptors (Lipinski definition) is 3. The molecule has 0 amide bonds. The van der Waals surface area contributed by atoms with Gasteiger partial charge in [0.05, 0.1) is 12.6 Å². The van der Waals surface area contributed by atoms with Crippen LogP contribution >= 0.6 is 22.6 Å². The molecule has 0 aliphatic heterocycles. The minimum atomic E-state index is -0.0802. The second-order valence-electron chi connectivity index (χ2n) is 3.25. The minimum Gasteiger partial charge on any atom is -0.398 e. The maximum Gasteiger partial charge on any atom is 0.0627 e. The molecule has 0 heterocycles. The Morgan fingerprint density at radius 2 is 2.21 bits per heavy atom. The normalized spacial score (nSPS) is 12.9. The molecule has 1 aromatic rings. The maximum absolute atomic E-state index is 9.17. The monoisotopic (exact) mass is 306 g/mol. The number of nitrogens with one attached hydrogen (secondary N) is 1. The summed E-state index contributed by atoms with van der Waals surface area (Å²) in [5.41, 5.74) is 8.74. The Bertz CT molecular complexity index is 324. The number of aliphatic hydroxyl groups excluding tert-OH is 1. The predicted molar refractivity (Wildman–Crippen MR) is 67.2 cm³/mol. The number of likely N-dealkylation sites (N-methyl/N-ethyl adjacent to an activating group) is 1. The van der Waals surface area contributed by atoms with E-state index in [0.29, 0.717) is 0 Å². The number of aliphatic hydroxyl groups is 1. The summed E-state index contributed by atoms with van der Waals surface area (Å²) in [4.78, 5) is 0. The average molecular weight is 306 g/mol. The fourth-order valence-corrected chi connectivity index (χ4v) is 2.22. The number of hydrogen-bond donors (Lipinski definition) is 3. The number of nitrogen functional groups attached to an aromatic ring is 1. The van der Waals surface area contributed by atoms with Gasteiger partial charge >= 0.3 is 0 Å². The van der Waals surface area contributed by atoms with E-state index in [4.69, 9.17) is 10.8 Å². The van der Waals surface area contributed by atoms with Crippen LogP contribution in [0.15, 0.2) is 12.1 Å². The molecule has 0 radical (unpaired) electrons. The number of anilines is 1. The maximum atomic E-state index is 9.17. The third kappa shape index (κ3) is 2.37. The van der Waals surface area contributed by atoms with Crippen molar-refractivity contribution in [3.05, 3.63) is 26.8 Å². The molecule has 0 bridgehead atoms. The molecule has 1 rings (SSSR count). The summed E-state index contributed by atoms with van der Waals surface area (Å²) in [6, 6.07) is 3.95. The molecule has 0 saturated carbocycles. The van der Waals surface area contributed by atoms with Gasteiger partial charge in [-0.15, -0.1) is 0 Å². The van der Waals surface area contributed by atoms with Crippen molar-refractivity contribution >= 4 is 28.3 Å². The van der Waals surface area contributed by atoms with Crippen LogP contribution in [-0.4, -0.2) is 18.8 Å². The van der Waals surface area contributed by atoms with Crippen LogP contribution < -0.4 is 11.1 Å². The molecule has 0 spiro atoms. The molecule has 0 aliphatic carbocycles. The van der Waals surface area contributed by atoms with E-state index >= 15 is 0 Å². The van der Waals surface area contributed by atoms with Gasteiger partial charge in [0.1, 0.15) is 0 Å². The Hall–Kier alpha value is -0.330. The number of aryl methyl sites for hydroxylation is 1. The standard InChI is InChI=1S/C10H15IN2O/c1-6-3-7(11)4-8(10(6)12)9(5-14)13-2/h3-4,9,13-14H,5,12H2,1-2H3/t9-/m1/s1. The van der Waals surface area contributed by atoms with Gasteiger partial charge in [0.25, 0.3) is 0 Å².